The van der Waals surface area contributed by atoms with E-state index in [2.05, 4.69) is 0 Å². The van der Waals surface area contributed by atoms with Gasteiger partial charge in [0.15, 0.2) is 5.04 Å². The van der Waals surface area contributed by atoms with Gasteiger partial charge in [0, 0.05) is 11.3 Å². The molecule has 0 heterocycles. The predicted molar refractivity (Wildman–Crippen MR) is 125 cm³/mol. The molecule has 32 heavy (non-hydrogen) atoms. The van der Waals surface area contributed by atoms with Crippen molar-refractivity contribution in [2.24, 2.45) is 0 Å². The summed E-state index contributed by atoms with van der Waals surface area (Å²) in [6.45, 7) is 1.72. The van der Waals surface area contributed by atoms with Gasteiger partial charge in [-0.1, -0.05) is 35.9 Å². The lowest BCUT2D eigenvalue weighted by atomic mass is 10.2. The average molecular weight is 477 g/mol. The Balaban J connectivity index is 1.66. The first-order valence-corrected chi connectivity index (χ1v) is 12.5. The number of nitrogen functional groups attached to an aromatic ring is 1. The summed E-state index contributed by atoms with van der Waals surface area (Å²) < 4.78 is 56.5. The first-order chi connectivity index (χ1) is 15.1. The van der Waals surface area contributed by atoms with E-state index in [9.17, 15) is 17.5 Å². The van der Waals surface area contributed by atoms with Gasteiger partial charge < -0.3 is 19.6 Å². The van der Waals surface area contributed by atoms with Gasteiger partial charge in [-0.2, -0.15) is 0 Å². The number of aryl methyl sites for hydroxylation is 1. The molecule has 0 atom stereocenters. The molecule has 5 N–H and O–H groups in total. The highest BCUT2D eigenvalue weighted by molar-refractivity contribution is 8.20. The minimum atomic E-state index is -4.05. The first kappa shape index (κ1) is 23.8. The Morgan fingerprint density at radius 3 is 2.25 bits per heavy atom. The Morgan fingerprint density at radius 2 is 1.59 bits per heavy atom. The second-order valence-corrected chi connectivity index (χ2v) is 10.5. The van der Waals surface area contributed by atoms with Gasteiger partial charge in [-0.15, -0.1) is 0 Å². The summed E-state index contributed by atoms with van der Waals surface area (Å²) in [4.78, 5) is 0.253. The third kappa shape index (κ3) is 5.47. The Labute approximate surface area is 188 Å². The lowest BCUT2D eigenvalue weighted by Crippen LogP contribution is -2.17. The summed E-state index contributed by atoms with van der Waals surface area (Å²) in [5.41, 5.74) is 7.01. The maximum absolute atomic E-state index is 12.7. The smallest absolute Gasteiger partial charge is 0.223 e. The van der Waals surface area contributed by atoms with Crippen molar-refractivity contribution in [1.29, 1.82) is 5.41 Å². The van der Waals surface area contributed by atoms with E-state index in [1.165, 1.54) is 30.3 Å². The number of ether oxygens (including phenoxy) is 1. The molecule has 170 valence electrons. The zero-order chi connectivity index (χ0) is 23.4. The molecule has 10 heteroatoms. The Hall–Kier alpha value is -2.89. The summed E-state index contributed by atoms with van der Waals surface area (Å²) >= 11 is 0. The summed E-state index contributed by atoms with van der Waals surface area (Å²) in [6, 6.07) is 18.6. The van der Waals surface area contributed by atoms with E-state index < -0.39 is 25.8 Å². The van der Waals surface area contributed by atoms with Crippen LogP contribution in [0.1, 0.15) is 11.1 Å². The van der Waals surface area contributed by atoms with Crippen LogP contribution in [0.25, 0.3) is 0 Å². The second-order valence-electron chi connectivity index (χ2n) is 6.87. The Kier molecular flexibility index (Phi) is 7.22. The van der Waals surface area contributed by atoms with Crippen molar-refractivity contribution < 1.29 is 26.4 Å². The molecule has 0 aliphatic heterocycles. The number of hydrogen-bond donors (Lipinski definition) is 4. The molecule has 0 spiro atoms. The van der Waals surface area contributed by atoms with Crippen LogP contribution in [-0.2, 0) is 14.0 Å². The maximum Gasteiger partial charge on any atom is 0.223 e. The van der Waals surface area contributed by atoms with Crippen LogP contribution in [0.2, 0.25) is 0 Å². The molecule has 3 rings (SSSR count). The molecule has 0 aromatic heterocycles. The molecule has 0 aliphatic rings. The summed E-state index contributed by atoms with van der Waals surface area (Å²) in [6.07, 6.45) is 0. The van der Waals surface area contributed by atoms with Crippen LogP contribution in [-0.4, -0.2) is 35.8 Å². The molecular weight excluding hydrogens is 452 g/mol. The predicted octanol–water partition coefficient (Wildman–Crippen LogP) is 4.50. The van der Waals surface area contributed by atoms with E-state index in [1.54, 1.807) is 42.5 Å². The fourth-order valence-corrected chi connectivity index (χ4v) is 4.92. The fourth-order valence-electron chi connectivity index (χ4n) is 2.78. The lowest BCUT2D eigenvalue weighted by Gasteiger charge is -2.26. The highest BCUT2D eigenvalue weighted by atomic mass is 32.3. The summed E-state index contributed by atoms with van der Waals surface area (Å²) in [5.74, 6) is 0.262. The van der Waals surface area contributed by atoms with Crippen LogP contribution < -0.4 is 10.5 Å². The number of sulfone groups is 1. The molecule has 0 amide bonds. The van der Waals surface area contributed by atoms with Crippen LogP contribution in [0.3, 0.4) is 0 Å². The van der Waals surface area contributed by atoms with E-state index in [1.807, 2.05) is 6.92 Å². The van der Waals surface area contributed by atoms with Crippen molar-refractivity contribution in [2.75, 3.05) is 18.9 Å². The topological polar surface area (TPSA) is 143 Å². The molecule has 0 radical (unpaired) electrons. The van der Waals surface area contributed by atoms with Crippen LogP contribution >= 0.6 is 10.9 Å². The van der Waals surface area contributed by atoms with E-state index >= 15 is 0 Å². The highest BCUT2D eigenvalue weighted by Crippen LogP contribution is 2.48. The van der Waals surface area contributed by atoms with Gasteiger partial charge in [-0.25, -0.2) is 8.42 Å². The molecule has 0 unspecified atom stereocenters. The molecule has 3 aromatic carbocycles. The van der Waals surface area contributed by atoms with Crippen molar-refractivity contribution in [3.63, 3.8) is 0 Å². The van der Waals surface area contributed by atoms with Gasteiger partial charge in [-0.3, -0.25) is 9.59 Å². The molecule has 0 saturated carbocycles. The fraction of sp³-hybridized carbons (Fsp3) is 0.136. The van der Waals surface area contributed by atoms with E-state index in [0.717, 1.165) is 5.56 Å². The first-order valence-electron chi connectivity index (χ1n) is 9.52. The van der Waals surface area contributed by atoms with Gasteiger partial charge in [0.05, 0.1) is 16.4 Å². The Morgan fingerprint density at radius 1 is 0.938 bits per heavy atom. The number of benzene rings is 3. The van der Waals surface area contributed by atoms with Crippen molar-refractivity contribution in [3.8, 4) is 5.75 Å². The zero-order valence-corrected chi connectivity index (χ0v) is 18.9. The number of hydrogen-bond acceptors (Lipinski definition) is 8. The minimum Gasteiger partial charge on any atom is -0.491 e. The van der Waals surface area contributed by atoms with E-state index in [-0.39, 0.29) is 40.0 Å². The summed E-state index contributed by atoms with van der Waals surface area (Å²) in [7, 11) is -7.47. The van der Waals surface area contributed by atoms with Crippen molar-refractivity contribution in [2.45, 2.75) is 16.7 Å². The van der Waals surface area contributed by atoms with Gasteiger partial charge in [0.1, 0.15) is 23.2 Å². The van der Waals surface area contributed by atoms with Crippen molar-refractivity contribution in [3.05, 3.63) is 83.9 Å². The lowest BCUT2D eigenvalue weighted by molar-refractivity contribution is 0.198. The second kappa shape index (κ2) is 9.72. The SMILES string of the molecule is Cc1ccc(S(O)(O)OCCOc2ccc(N)c(C(=N)S(=O)(=O)c3ccccc3)c2)cc1. The standard InChI is InChI=1S/C22H24N2O6S2/c1-16-7-10-19(11-8-16)32(27,28)30-14-13-29-17-9-12-21(23)20(15-17)22(24)31(25,26)18-5-3-2-4-6-18/h2-12,15,24,27-28H,13-14,23H2,1H3. The minimum absolute atomic E-state index is 0.00886. The number of nitrogens with two attached hydrogens (primary N) is 1. The van der Waals surface area contributed by atoms with E-state index in [0.29, 0.717) is 0 Å². The number of nitrogens with one attached hydrogen (secondary N) is 1. The average Bonchev–Trinajstić information content (AvgIpc) is 2.78. The van der Waals surface area contributed by atoms with Crippen LogP contribution in [0.4, 0.5) is 5.69 Å². The molecule has 8 nitrogen and oxygen atoms in total. The van der Waals surface area contributed by atoms with Gasteiger partial charge >= 0.3 is 0 Å². The quantitative estimate of drug-likeness (QED) is 0.162. The number of rotatable bonds is 8. The molecule has 0 saturated heterocycles. The highest BCUT2D eigenvalue weighted by Gasteiger charge is 2.25. The molecule has 0 fully saturated rings. The largest absolute Gasteiger partial charge is 0.491 e. The summed E-state index contributed by atoms with van der Waals surface area (Å²) in [5, 5.41) is 7.56. The molecule has 0 bridgehead atoms. The van der Waals surface area contributed by atoms with E-state index in [4.69, 9.17) is 20.1 Å². The van der Waals surface area contributed by atoms with Crippen molar-refractivity contribution in [1.82, 2.24) is 0 Å². The van der Waals surface area contributed by atoms with Crippen LogP contribution in [0.5, 0.6) is 5.75 Å². The molecular formula is C22H24N2O6S2. The van der Waals surface area contributed by atoms with Gasteiger partial charge in [0.25, 0.3) is 0 Å². The molecule has 0 aliphatic carbocycles. The van der Waals surface area contributed by atoms with Gasteiger partial charge in [0.2, 0.25) is 9.84 Å². The maximum atomic E-state index is 12.7. The van der Waals surface area contributed by atoms with Crippen LogP contribution in [0.15, 0.2) is 82.6 Å². The Bertz CT molecular complexity index is 1200. The number of anilines is 1. The third-order valence-electron chi connectivity index (χ3n) is 4.52. The monoisotopic (exact) mass is 476 g/mol. The van der Waals surface area contributed by atoms with Crippen molar-refractivity contribution >= 4 is 31.4 Å². The zero-order valence-electron chi connectivity index (χ0n) is 17.3. The van der Waals surface area contributed by atoms with Crippen LogP contribution in [0, 0.1) is 12.3 Å². The normalized spacial score (nSPS) is 12.3. The molecule has 3 aromatic rings. The van der Waals surface area contributed by atoms with Gasteiger partial charge in [-0.05, 0) is 49.4 Å². The third-order valence-corrected chi connectivity index (χ3v) is 7.55.